The predicted molar refractivity (Wildman–Crippen MR) is 101 cm³/mol. The lowest BCUT2D eigenvalue weighted by Gasteiger charge is -2.26. The topological polar surface area (TPSA) is 69.8 Å². The Morgan fingerprint density at radius 3 is 3.00 bits per heavy atom. The molecule has 1 aliphatic rings. The minimum Gasteiger partial charge on any atom is -0.355 e. The van der Waals surface area contributed by atoms with Gasteiger partial charge in [-0.2, -0.15) is 0 Å². The Hall–Kier alpha value is -2.15. The summed E-state index contributed by atoms with van der Waals surface area (Å²) in [5, 5.41) is 15.2. The van der Waals surface area contributed by atoms with Crippen LogP contribution in [0, 0.1) is 5.92 Å². The van der Waals surface area contributed by atoms with Crippen LogP contribution in [0.1, 0.15) is 32.5 Å². The molecule has 1 atom stereocenters. The molecule has 2 aromatic rings. The molecule has 7 heteroatoms. The molecular formula is C18H29N7. The van der Waals surface area contributed by atoms with Gasteiger partial charge in [-0.25, -0.2) is 0 Å². The standard InChI is InChI=1S/C18H29N7/c1-14(2)13-24-9-6-7-15(24)11-20-18(19-3)21-12-17-23-22-16-8-4-5-10-25(16)17/h4-5,8,10,14-15H,6-7,9,11-13H2,1-3H3,(H2,19,20,21)/t15-/m1/s1. The molecule has 1 fully saturated rings. The normalized spacial score (nSPS) is 19.0. The zero-order chi connectivity index (χ0) is 17.6. The number of hydrogen-bond donors (Lipinski definition) is 2. The van der Waals surface area contributed by atoms with Crippen molar-refractivity contribution in [3.8, 4) is 0 Å². The van der Waals surface area contributed by atoms with Crippen molar-refractivity contribution in [1.29, 1.82) is 0 Å². The third-order valence-corrected chi connectivity index (χ3v) is 4.63. The first-order valence-corrected chi connectivity index (χ1v) is 9.14. The fraction of sp³-hybridized carbons (Fsp3) is 0.611. The Kier molecular flexibility index (Phi) is 5.86. The van der Waals surface area contributed by atoms with E-state index in [-0.39, 0.29) is 0 Å². The van der Waals surface area contributed by atoms with Crippen LogP contribution in [0.3, 0.4) is 0 Å². The van der Waals surface area contributed by atoms with Crippen LogP contribution in [-0.4, -0.2) is 58.2 Å². The molecule has 0 unspecified atom stereocenters. The van der Waals surface area contributed by atoms with Crippen LogP contribution in [0.15, 0.2) is 29.4 Å². The molecule has 7 nitrogen and oxygen atoms in total. The summed E-state index contributed by atoms with van der Waals surface area (Å²) in [7, 11) is 1.80. The maximum absolute atomic E-state index is 4.33. The summed E-state index contributed by atoms with van der Waals surface area (Å²) in [4.78, 5) is 6.93. The first-order valence-electron chi connectivity index (χ1n) is 9.14. The average molecular weight is 343 g/mol. The second-order valence-corrected chi connectivity index (χ2v) is 7.04. The maximum atomic E-state index is 4.33. The van der Waals surface area contributed by atoms with E-state index < -0.39 is 0 Å². The van der Waals surface area contributed by atoms with Crippen molar-refractivity contribution in [2.75, 3.05) is 26.7 Å². The van der Waals surface area contributed by atoms with Gasteiger partial charge in [0.05, 0.1) is 6.54 Å². The maximum Gasteiger partial charge on any atom is 0.191 e. The third-order valence-electron chi connectivity index (χ3n) is 4.63. The summed E-state index contributed by atoms with van der Waals surface area (Å²) in [6, 6.07) is 6.49. The Balaban J connectivity index is 1.51. The number of likely N-dealkylation sites (tertiary alicyclic amines) is 1. The molecule has 0 bridgehead atoms. The number of aromatic nitrogens is 3. The van der Waals surface area contributed by atoms with Gasteiger partial charge in [0.15, 0.2) is 17.4 Å². The highest BCUT2D eigenvalue weighted by Crippen LogP contribution is 2.17. The molecule has 1 saturated heterocycles. The van der Waals surface area contributed by atoms with Gasteiger partial charge in [0.2, 0.25) is 0 Å². The summed E-state index contributed by atoms with van der Waals surface area (Å²) < 4.78 is 1.99. The lowest BCUT2D eigenvalue weighted by atomic mass is 10.1. The number of aliphatic imine (C=N–C) groups is 1. The summed E-state index contributed by atoms with van der Waals surface area (Å²) >= 11 is 0. The van der Waals surface area contributed by atoms with E-state index in [4.69, 9.17) is 0 Å². The summed E-state index contributed by atoms with van der Waals surface area (Å²) in [5.74, 6) is 2.39. The molecule has 3 rings (SSSR count). The van der Waals surface area contributed by atoms with Crippen LogP contribution >= 0.6 is 0 Å². The minimum atomic E-state index is 0.589. The van der Waals surface area contributed by atoms with Crippen molar-refractivity contribution >= 4 is 11.6 Å². The second kappa shape index (κ2) is 8.29. The minimum absolute atomic E-state index is 0.589. The van der Waals surface area contributed by atoms with Gasteiger partial charge in [-0.05, 0) is 37.4 Å². The lowest BCUT2D eigenvalue weighted by Crippen LogP contribution is -2.45. The van der Waals surface area contributed by atoms with Crippen molar-refractivity contribution in [1.82, 2.24) is 30.1 Å². The Morgan fingerprint density at radius 1 is 1.32 bits per heavy atom. The van der Waals surface area contributed by atoms with Gasteiger partial charge >= 0.3 is 0 Å². The van der Waals surface area contributed by atoms with Crippen molar-refractivity contribution in [3.05, 3.63) is 30.2 Å². The molecule has 0 aromatic carbocycles. The molecule has 0 saturated carbocycles. The average Bonchev–Trinajstić information content (AvgIpc) is 3.21. The molecular weight excluding hydrogens is 314 g/mol. The van der Waals surface area contributed by atoms with Crippen LogP contribution in [-0.2, 0) is 6.54 Å². The van der Waals surface area contributed by atoms with Gasteiger partial charge in [-0.3, -0.25) is 14.3 Å². The van der Waals surface area contributed by atoms with E-state index in [1.165, 1.54) is 25.9 Å². The molecule has 3 heterocycles. The van der Waals surface area contributed by atoms with Crippen molar-refractivity contribution in [3.63, 3.8) is 0 Å². The molecule has 136 valence electrons. The van der Waals surface area contributed by atoms with Crippen LogP contribution < -0.4 is 10.6 Å². The fourth-order valence-electron chi connectivity index (χ4n) is 3.45. The van der Waals surface area contributed by atoms with E-state index in [1.54, 1.807) is 7.05 Å². The smallest absolute Gasteiger partial charge is 0.191 e. The number of guanidine groups is 1. The number of nitrogens with zero attached hydrogens (tertiary/aromatic N) is 5. The Labute approximate surface area is 149 Å². The highest BCUT2D eigenvalue weighted by atomic mass is 15.3. The van der Waals surface area contributed by atoms with Crippen LogP contribution in [0.25, 0.3) is 5.65 Å². The van der Waals surface area contributed by atoms with E-state index >= 15 is 0 Å². The molecule has 2 N–H and O–H groups in total. The zero-order valence-electron chi connectivity index (χ0n) is 15.4. The van der Waals surface area contributed by atoms with E-state index in [1.807, 2.05) is 28.8 Å². The lowest BCUT2D eigenvalue weighted by molar-refractivity contribution is 0.226. The number of hydrogen-bond acceptors (Lipinski definition) is 4. The fourth-order valence-corrected chi connectivity index (χ4v) is 3.45. The van der Waals surface area contributed by atoms with Gasteiger partial charge in [-0.1, -0.05) is 19.9 Å². The molecule has 25 heavy (non-hydrogen) atoms. The SMILES string of the molecule is CN=C(NCc1nnc2ccccn12)NC[C@H]1CCCN1CC(C)C. The van der Waals surface area contributed by atoms with Crippen molar-refractivity contribution in [2.24, 2.45) is 10.9 Å². The monoisotopic (exact) mass is 343 g/mol. The molecule has 0 amide bonds. The number of fused-ring (bicyclic) bond motifs is 1. The third kappa shape index (κ3) is 4.48. The van der Waals surface area contributed by atoms with E-state index in [2.05, 4.69) is 44.6 Å². The Bertz CT molecular complexity index is 706. The van der Waals surface area contributed by atoms with Gasteiger partial charge < -0.3 is 10.6 Å². The molecule has 0 spiro atoms. The van der Waals surface area contributed by atoms with E-state index in [0.29, 0.717) is 18.5 Å². The van der Waals surface area contributed by atoms with Crippen LogP contribution in [0.2, 0.25) is 0 Å². The molecule has 0 radical (unpaired) electrons. The first kappa shape index (κ1) is 17.7. The summed E-state index contributed by atoms with van der Waals surface area (Å²) in [6.45, 7) is 8.46. The van der Waals surface area contributed by atoms with Gasteiger partial charge in [0, 0.05) is 32.4 Å². The largest absolute Gasteiger partial charge is 0.355 e. The first-order chi connectivity index (χ1) is 12.2. The van der Waals surface area contributed by atoms with Gasteiger partial charge in [0.1, 0.15) is 0 Å². The van der Waals surface area contributed by atoms with Crippen LogP contribution in [0.4, 0.5) is 0 Å². The van der Waals surface area contributed by atoms with E-state index in [0.717, 1.165) is 24.0 Å². The summed E-state index contributed by atoms with van der Waals surface area (Å²) in [5.41, 5.74) is 0.859. The van der Waals surface area contributed by atoms with Crippen molar-refractivity contribution in [2.45, 2.75) is 39.3 Å². The molecule has 1 aliphatic heterocycles. The number of rotatable bonds is 6. The van der Waals surface area contributed by atoms with Crippen LogP contribution in [0.5, 0.6) is 0 Å². The molecule has 0 aliphatic carbocycles. The van der Waals surface area contributed by atoms with Gasteiger partial charge in [-0.15, -0.1) is 10.2 Å². The number of nitrogens with one attached hydrogen (secondary N) is 2. The number of pyridine rings is 1. The zero-order valence-corrected chi connectivity index (χ0v) is 15.4. The molecule has 2 aromatic heterocycles. The highest BCUT2D eigenvalue weighted by molar-refractivity contribution is 5.79. The second-order valence-electron chi connectivity index (χ2n) is 7.04. The Morgan fingerprint density at radius 2 is 2.20 bits per heavy atom. The van der Waals surface area contributed by atoms with Gasteiger partial charge in [0.25, 0.3) is 0 Å². The predicted octanol–water partition coefficient (Wildman–Crippen LogP) is 1.51. The summed E-state index contributed by atoms with van der Waals surface area (Å²) in [6.07, 6.45) is 4.52. The highest BCUT2D eigenvalue weighted by Gasteiger charge is 2.24. The van der Waals surface area contributed by atoms with Crippen molar-refractivity contribution < 1.29 is 0 Å². The quantitative estimate of drug-likeness (QED) is 0.615. The van der Waals surface area contributed by atoms with E-state index in [9.17, 15) is 0 Å².